The van der Waals surface area contributed by atoms with Crippen LogP contribution in [0, 0.1) is 5.82 Å². The predicted octanol–water partition coefficient (Wildman–Crippen LogP) is 1.82. The fraction of sp³-hybridized carbons (Fsp3) is 0.214. The van der Waals surface area contributed by atoms with E-state index in [-0.39, 0.29) is 12.2 Å². The first-order valence-electron chi connectivity index (χ1n) is 6.38. The number of para-hydroxylation sites is 1. The van der Waals surface area contributed by atoms with Crippen molar-refractivity contribution in [3.63, 3.8) is 0 Å². The lowest BCUT2D eigenvalue weighted by molar-refractivity contribution is -0.116. The number of carbonyl (C=O) groups is 1. The zero-order valence-corrected chi connectivity index (χ0v) is 12.6. The lowest BCUT2D eigenvalue weighted by atomic mass is 10.3. The molecule has 0 bridgehead atoms. The first-order valence-corrected chi connectivity index (χ1v) is 8.23. The van der Waals surface area contributed by atoms with E-state index in [0.717, 1.165) is 10.6 Å². The molecule has 0 saturated heterocycles. The highest BCUT2D eigenvalue weighted by Gasteiger charge is 2.22. The summed E-state index contributed by atoms with van der Waals surface area (Å²) >= 11 is 0. The van der Waals surface area contributed by atoms with Gasteiger partial charge in [0.25, 0.3) is 0 Å². The summed E-state index contributed by atoms with van der Waals surface area (Å²) in [7, 11) is -3.62. The Labute approximate surface area is 127 Å². The van der Waals surface area contributed by atoms with Gasteiger partial charge in [-0.15, -0.1) is 0 Å². The van der Waals surface area contributed by atoms with Crippen molar-refractivity contribution in [3.8, 4) is 0 Å². The molecule has 1 aromatic carbocycles. The molecular weight excluding hydrogens is 311 g/mol. The van der Waals surface area contributed by atoms with E-state index in [1.165, 1.54) is 24.5 Å². The topological polar surface area (TPSA) is 79.6 Å². The number of amides is 1. The molecule has 1 amide bonds. The van der Waals surface area contributed by atoms with Crippen LogP contribution in [0.4, 0.5) is 10.1 Å². The second-order valence-corrected chi connectivity index (χ2v) is 6.62. The van der Waals surface area contributed by atoms with Crippen molar-refractivity contribution >= 4 is 21.6 Å². The van der Waals surface area contributed by atoms with Gasteiger partial charge in [-0.2, -0.15) is 4.31 Å². The first-order chi connectivity index (χ1) is 10.4. The highest BCUT2D eigenvalue weighted by molar-refractivity contribution is 7.88. The molecule has 0 atom stereocenters. The zero-order chi connectivity index (χ0) is 16.2. The van der Waals surface area contributed by atoms with Crippen LogP contribution >= 0.6 is 0 Å². The Balaban J connectivity index is 2.07. The van der Waals surface area contributed by atoms with Gasteiger partial charge in [0.1, 0.15) is 11.6 Å². The number of benzene rings is 1. The van der Waals surface area contributed by atoms with Gasteiger partial charge in [0.15, 0.2) is 0 Å². The number of rotatable bonds is 6. The molecule has 2 aromatic rings. The Morgan fingerprint density at radius 1 is 1.27 bits per heavy atom. The molecule has 0 aliphatic rings. The third-order valence-corrected chi connectivity index (χ3v) is 4.05. The molecule has 118 valence electrons. The van der Waals surface area contributed by atoms with Crippen molar-refractivity contribution in [2.75, 3.05) is 18.1 Å². The number of sulfonamides is 1. The van der Waals surface area contributed by atoms with Crippen LogP contribution in [0.25, 0.3) is 0 Å². The molecule has 0 fully saturated rings. The van der Waals surface area contributed by atoms with E-state index in [0.29, 0.717) is 5.76 Å². The smallest absolute Gasteiger partial charge is 0.239 e. The molecule has 1 heterocycles. The van der Waals surface area contributed by atoms with E-state index in [4.69, 9.17) is 4.42 Å². The summed E-state index contributed by atoms with van der Waals surface area (Å²) in [5.41, 5.74) is -0.000973. The van der Waals surface area contributed by atoms with Crippen molar-refractivity contribution in [2.45, 2.75) is 6.54 Å². The maximum atomic E-state index is 13.5. The van der Waals surface area contributed by atoms with Gasteiger partial charge in [0.05, 0.1) is 31.3 Å². The maximum Gasteiger partial charge on any atom is 0.239 e. The van der Waals surface area contributed by atoms with Crippen molar-refractivity contribution in [1.29, 1.82) is 0 Å². The molecule has 0 saturated carbocycles. The normalized spacial score (nSPS) is 11.6. The third-order valence-electron chi connectivity index (χ3n) is 2.85. The van der Waals surface area contributed by atoms with Gasteiger partial charge in [0.2, 0.25) is 15.9 Å². The zero-order valence-electron chi connectivity index (χ0n) is 11.8. The summed E-state index contributed by atoms with van der Waals surface area (Å²) in [5.74, 6) is -0.820. The molecule has 1 aromatic heterocycles. The number of furan rings is 1. The quantitative estimate of drug-likeness (QED) is 0.878. The number of carbonyl (C=O) groups excluding carboxylic acids is 1. The fourth-order valence-corrected chi connectivity index (χ4v) is 2.49. The van der Waals surface area contributed by atoms with E-state index in [1.807, 2.05) is 0 Å². The number of nitrogens with one attached hydrogen (secondary N) is 1. The minimum atomic E-state index is -3.62. The van der Waals surface area contributed by atoms with Gasteiger partial charge < -0.3 is 9.73 Å². The SMILES string of the molecule is CS(=O)(=O)N(CC(=O)Nc1ccccc1F)Cc1ccco1. The molecule has 0 unspecified atom stereocenters. The van der Waals surface area contributed by atoms with Gasteiger partial charge in [-0.05, 0) is 24.3 Å². The van der Waals surface area contributed by atoms with Crippen LogP contribution in [0.1, 0.15) is 5.76 Å². The van der Waals surface area contributed by atoms with E-state index in [1.54, 1.807) is 18.2 Å². The van der Waals surface area contributed by atoms with Crippen LogP contribution in [0.5, 0.6) is 0 Å². The van der Waals surface area contributed by atoms with Crippen molar-refractivity contribution < 1.29 is 22.0 Å². The largest absolute Gasteiger partial charge is 0.468 e. The van der Waals surface area contributed by atoms with Gasteiger partial charge >= 0.3 is 0 Å². The Kier molecular flexibility index (Phi) is 4.94. The number of anilines is 1. The lowest BCUT2D eigenvalue weighted by Crippen LogP contribution is -2.36. The van der Waals surface area contributed by atoms with E-state index in [9.17, 15) is 17.6 Å². The van der Waals surface area contributed by atoms with Crippen molar-refractivity contribution in [2.24, 2.45) is 0 Å². The number of hydrogen-bond acceptors (Lipinski definition) is 4. The molecule has 0 aliphatic heterocycles. The van der Waals surface area contributed by atoms with Crippen LogP contribution in [0.3, 0.4) is 0 Å². The van der Waals surface area contributed by atoms with Crippen LogP contribution in [0.2, 0.25) is 0 Å². The van der Waals surface area contributed by atoms with Crippen LogP contribution in [-0.4, -0.2) is 31.4 Å². The summed E-state index contributed by atoms with van der Waals surface area (Å²) in [6.07, 6.45) is 2.40. The molecule has 1 N–H and O–H groups in total. The average Bonchev–Trinajstić information content (AvgIpc) is 2.92. The fourth-order valence-electron chi connectivity index (χ4n) is 1.78. The Morgan fingerprint density at radius 2 is 2.00 bits per heavy atom. The first kappa shape index (κ1) is 16.2. The van der Waals surface area contributed by atoms with Gasteiger partial charge in [0, 0.05) is 0 Å². The van der Waals surface area contributed by atoms with Crippen LogP contribution in [0.15, 0.2) is 47.1 Å². The Morgan fingerprint density at radius 3 is 2.59 bits per heavy atom. The van der Waals surface area contributed by atoms with E-state index < -0.39 is 28.3 Å². The summed E-state index contributed by atoms with van der Waals surface area (Å²) < 4.78 is 43.0. The summed E-state index contributed by atoms with van der Waals surface area (Å²) in [6.45, 7) is -0.510. The maximum absolute atomic E-state index is 13.5. The van der Waals surface area contributed by atoms with Gasteiger partial charge in [-0.25, -0.2) is 12.8 Å². The minimum absolute atomic E-state index is 0.000973. The molecule has 2 rings (SSSR count). The highest BCUT2D eigenvalue weighted by atomic mass is 32.2. The summed E-state index contributed by atoms with van der Waals surface area (Å²) in [4.78, 5) is 11.9. The number of hydrogen-bond donors (Lipinski definition) is 1. The molecule has 0 spiro atoms. The molecule has 0 radical (unpaired) electrons. The van der Waals surface area contributed by atoms with E-state index in [2.05, 4.69) is 5.32 Å². The average molecular weight is 326 g/mol. The van der Waals surface area contributed by atoms with E-state index >= 15 is 0 Å². The molecular formula is C14H15FN2O4S. The standard InChI is InChI=1S/C14H15FN2O4S/c1-22(19,20)17(9-11-5-4-8-21-11)10-14(18)16-13-7-3-2-6-12(13)15/h2-8H,9-10H2,1H3,(H,16,18). The van der Waals surface area contributed by atoms with Crippen LogP contribution < -0.4 is 5.32 Å². The summed E-state index contributed by atoms with van der Waals surface area (Å²) in [5, 5.41) is 2.34. The number of halogens is 1. The third kappa shape index (κ3) is 4.40. The Hall–Kier alpha value is -2.19. The predicted molar refractivity (Wildman–Crippen MR) is 79.0 cm³/mol. The molecule has 8 heteroatoms. The van der Waals surface area contributed by atoms with Gasteiger partial charge in [-0.1, -0.05) is 12.1 Å². The van der Waals surface area contributed by atoms with Crippen molar-refractivity contribution in [3.05, 3.63) is 54.2 Å². The molecule has 6 nitrogen and oxygen atoms in total. The monoisotopic (exact) mass is 326 g/mol. The molecule has 0 aliphatic carbocycles. The van der Waals surface area contributed by atoms with Crippen LogP contribution in [-0.2, 0) is 21.4 Å². The highest BCUT2D eigenvalue weighted by Crippen LogP contribution is 2.13. The molecule has 22 heavy (non-hydrogen) atoms. The summed E-state index contributed by atoms with van der Waals surface area (Å²) in [6, 6.07) is 8.88. The number of nitrogens with zero attached hydrogens (tertiary/aromatic N) is 1. The van der Waals surface area contributed by atoms with Gasteiger partial charge in [-0.3, -0.25) is 4.79 Å². The van der Waals surface area contributed by atoms with Crippen molar-refractivity contribution in [1.82, 2.24) is 4.31 Å². The second-order valence-electron chi connectivity index (χ2n) is 4.64. The lowest BCUT2D eigenvalue weighted by Gasteiger charge is -2.18. The second kappa shape index (κ2) is 6.71. The Bertz CT molecular complexity index is 744. The minimum Gasteiger partial charge on any atom is -0.468 e.